The predicted octanol–water partition coefficient (Wildman–Crippen LogP) is 4.54. The third kappa shape index (κ3) is 3.92. The van der Waals surface area contributed by atoms with Crippen LogP contribution < -0.4 is 5.73 Å². The van der Waals surface area contributed by atoms with E-state index in [-0.39, 0.29) is 11.2 Å². The van der Waals surface area contributed by atoms with Crippen LogP contribution in [0.2, 0.25) is 0 Å². The van der Waals surface area contributed by atoms with Gasteiger partial charge in [-0.05, 0) is 47.6 Å². The van der Waals surface area contributed by atoms with Crippen LogP contribution in [-0.4, -0.2) is 0 Å². The summed E-state index contributed by atoms with van der Waals surface area (Å²) in [5.41, 5.74) is 9.25. The highest BCUT2D eigenvalue weighted by Gasteiger charge is 2.22. The lowest BCUT2D eigenvalue weighted by Crippen LogP contribution is -2.35. The van der Waals surface area contributed by atoms with Crippen LogP contribution in [0, 0.1) is 5.82 Å². The molecule has 0 radical (unpaired) electrons. The molecule has 1 nitrogen and oxygen atoms in total. The lowest BCUT2D eigenvalue weighted by molar-refractivity contribution is 0.486. The lowest BCUT2D eigenvalue weighted by atomic mass is 9.83. The standard InChI is InChI=1S/C19H24FN/c1-18(2,3)15-10-8-14(9-11-15)13-19(4,21)16-6-5-7-17(20)12-16/h5-12H,13,21H2,1-4H3. The number of halogens is 1. The van der Waals surface area contributed by atoms with Gasteiger partial charge in [0.15, 0.2) is 0 Å². The zero-order valence-electron chi connectivity index (χ0n) is 13.3. The van der Waals surface area contributed by atoms with Crippen molar-refractivity contribution in [3.8, 4) is 0 Å². The Bertz CT molecular complexity index is 606. The van der Waals surface area contributed by atoms with E-state index < -0.39 is 5.54 Å². The Morgan fingerprint density at radius 1 is 0.905 bits per heavy atom. The minimum Gasteiger partial charge on any atom is -0.321 e. The minimum absolute atomic E-state index is 0.146. The summed E-state index contributed by atoms with van der Waals surface area (Å²) >= 11 is 0. The van der Waals surface area contributed by atoms with Crippen LogP contribution in [0.1, 0.15) is 44.4 Å². The molecule has 2 N–H and O–H groups in total. The average molecular weight is 285 g/mol. The van der Waals surface area contributed by atoms with Crippen LogP contribution in [0.3, 0.4) is 0 Å². The molecule has 2 aromatic rings. The summed E-state index contributed by atoms with van der Waals surface area (Å²) in [5, 5.41) is 0. The Hall–Kier alpha value is -1.67. The van der Waals surface area contributed by atoms with Crippen molar-refractivity contribution in [3.63, 3.8) is 0 Å². The van der Waals surface area contributed by atoms with Crippen molar-refractivity contribution in [2.24, 2.45) is 5.73 Å². The second-order valence-corrected chi connectivity index (χ2v) is 7.05. The first-order valence-electron chi connectivity index (χ1n) is 7.33. The Morgan fingerprint density at radius 3 is 2.05 bits per heavy atom. The largest absolute Gasteiger partial charge is 0.321 e. The predicted molar refractivity (Wildman–Crippen MR) is 86.8 cm³/mol. The SMILES string of the molecule is CC(C)(C)c1ccc(CC(C)(N)c2cccc(F)c2)cc1. The van der Waals surface area contributed by atoms with Crippen LogP contribution in [-0.2, 0) is 17.4 Å². The second kappa shape index (κ2) is 5.61. The van der Waals surface area contributed by atoms with Crippen LogP contribution in [0.25, 0.3) is 0 Å². The Kier molecular flexibility index (Phi) is 4.20. The van der Waals surface area contributed by atoms with Crippen molar-refractivity contribution in [1.29, 1.82) is 0 Å². The summed E-state index contributed by atoms with van der Waals surface area (Å²) in [5.74, 6) is -0.243. The molecule has 1 unspecified atom stereocenters. The molecule has 2 aromatic carbocycles. The fourth-order valence-electron chi connectivity index (χ4n) is 2.49. The van der Waals surface area contributed by atoms with Gasteiger partial charge in [-0.3, -0.25) is 0 Å². The fraction of sp³-hybridized carbons (Fsp3) is 0.368. The molecule has 0 fully saturated rings. The maximum absolute atomic E-state index is 13.4. The van der Waals surface area contributed by atoms with Crippen LogP contribution in [0.5, 0.6) is 0 Å². The van der Waals surface area contributed by atoms with Gasteiger partial charge < -0.3 is 5.73 Å². The first-order chi connectivity index (χ1) is 9.68. The zero-order valence-corrected chi connectivity index (χ0v) is 13.3. The van der Waals surface area contributed by atoms with Crippen LogP contribution in [0.15, 0.2) is 48.5 Å². The summed E-state index contributed by atoms with van der Waals surface area (Å²) in [6.45, 7) is 8.53. The first kappa shape index (κ1) is 15.7. The highest BCUT2D eigenvalue weighted by Crippen LogP contribution is 2.26. The number of rotatable bonds is 3. The van der Waals surface area contributed by atoms with E-state index in [0.717, 1.165) is 11.1 Å². The normalized spacial score (nSPS) is 14.8. The van der Waals surface area contributed by atoms with E-state index in [9.17, 15) is 4.39 Å². The molecular weight excluding hydrogens is 261 g/mol. The maximum Gasteiger partial charge on any atom is 0.123 e. The third-order valence-electron chi connectivity index (χ3n) is 3.88. The molecule has 0 bridgehead atoms. The quantitative estimate of drug-likeness (QED) is 0.880. The molecule has 112 valence electrons. The average Bonchev–Trinajstić information content (AvgIpc) is 2.38. The van der Waals surface area contributed by atoms with E-state index in [0.29, 0.717) is 6.42 Å². The topological polar surface area (TPSA) is 26.0 Å². The molecule has 21 heavy (non-hydrogen) atoms. The second-order valence-electron chi connectivity index (χ2n) is 7.05. The molecule has 0 amide bonds. The van der Waals surface area contributed by atoms with Crippen LogP contribution in [0.4, 0.5) is 4.39 Å². The van der Waals surface area contributed by atoms with Gasteiger partial charge in [0.05, 0.1) is 0 Å². The number of nitrogens with two attached hydrogens (primary N) is 1. The van der Waals surface area contributed by atoms with E-state index in [1.807, 2.05) is 13.0 Å². The Labute approximate surface area is 127 Å². The van der Waals surface area contributed by atoms with Gasteiger partial charge in [-0.1, -0.05) is 57.2 Å². The third-order valence-corrected chi connectivity index (χ3v) is 3.88. The summed E-state index contributed by atoms with van der Waals surface area (Å²) in [4.78, 5) is 0. The summed E-state index contributed by atoms with van der Waals surface area (Å²) < 4.78 is 13.4. The lowest BCUT2D eigenvalue weighted by Gasteiger charge is -2.26. The maximum atomic E-state index is 13.4. The van der Waals surface area contributed by atoms with Crippen molar-refractivity contribution in [3.05, 3.63) is 71.0 Å². The molecule has 0 aliphatic heterocycles. The van der Waals surface area contributed by atoms with E-state index >= 15 is 0 Å². The summed E-state index contributed by atoms with van der Waals surface area (Å²) in [6, 6.07) is 15.1. The van der Waals surface area contributed by atoms with Gasteiger partial charge >= 0.3 is 0 Å². The molecule has 2 heteroatoms. The van der Waals surface area contributed by atoms with Crippen molar-refractivity contribution in [2.45, 2.75) is 45.1 Å². The van der Waals surface area contributed by atoms with Gasteiger partial charge in [0, 0.05) is 5.54 Å². The van der Waals surface area contributed by atoms with Gasteiger partial charge in [-0.15, -0.1) is 0 Å². The molecule has 0 saturated heterocycles. The molecule has 0 saturated carbocycles. The zero-order chi connectivity index (χ0) is 15.7. The molecular formula is C19H24FN. The molecule has 0 aliphatic rings. The van der Waals surface area contributed by atoms with Gasteiger partial charge in [-0.2, -0.15) is 0 Å². The summed E-state index contributed by atoms with van der Waals surface area (Å²) in [6.07, 6.45) is 0.681. The minimum atomic E-state index is -0.578. The monoisotopic (exact) mass is 285 g/mol. The number of hydrogen-bond acceptors (Lipinski definition) is 1. The van der Waals surface area contributed by atoms with E-state index in [1.54, 1.807) is 6.07 Å². The summed E-state index contributed by atoms with van der Waals surface area (Å²) in [7, 11) is 0. The van der Waals surface area contributed by atoms with E-state index in [4.69, 9.17) is 5.73 Å². The van der Waals surface area contributed by atoms with Crippen molar-refractivity contribution in [2.75, 3.05) is 0 Å². The smallest absolute Gasteiger partial charge is 0.123 e. The Morgan fingerprint density at radius 2 is 1.52 bits per heavy atom. The molecule has 0 heterocycles. The first-order valence-corrected chi connectivity index (χ1v) is 7.33. The molecule has 1 atom stereocenters. The molecule has 0 aromatic heterocycles. The van der Waals surface area contributed by atoms with E-state index in [2.05, 4.69) is 45.0 Å². The van der Waals surface area contributed by atoms with Gasteiger partial charge in [0.1, 0.15) is 5.82 Å². The van der Waals surface area contributed by atoms with Crippen molar-refractivity contribution < 1.29 is 4.39 Å². The number of benzene rings is 2. The fourth-order valence-corrected chi connectivity index (χ4v) is 2.49. The van der Waals surface area contributed by atoms with Crippen molar-refractivity contribution >= 4 is 0 Å². The van der Waals surface area contributed by atoms with Gasteiger partial charge in [0.2, 0.25) is 0 Å². The van der Waals surface area contributed by atoms with Gasteiger partial charge in [-0.25, -0.2) is 4.39 Å². The van der Waals surface area contributed by atoms with E-state index in [1.165, 1.54) is 17.7 Å². The van der Waals surface area contributed by atoms with Crippen LogP contribution >= 0.6 is 0 Å². The highest BCUT2D eigenvalue weighted by atomic mass is 19.1. The molecule has 0 aliphatic carbocycles. The van der Waals surface area contributed by atoms with Crippen molar-refractivity contribution in [1.82, 2.24) is 0 Å². The molecule has 0 spiro atoms. The Balaban J connectivity index is 2.20. The highest BCUT2D eigenvalue weighted by molar-refractivity contribution is 5.31. The number of hydrogen-bond donors (Lipinski definition) is 1. The molecule has 2 rings (SSSR count). The van der Waals surface area contributed by atoms with Gasteiger partial charge in [0.25, 0.3) is 0 Å².